The van der Waals surface area contributed by atoms with Crippen LogP contribution in [0.25, 0.3) is 10.8 Å². The highest BCUT2D eigenvalue weighted by atomic mass is 16.5. The number of allylic oxidation sites excluding steroid dienone is 1. The number of methoxy groups -OCH3 is 1. The van der Waals surface area contributed by atoms with Gasteiger partial charge in [-0.25, -0.2) is 4.79 Å². The summed E-state index contributed by atoms with van der Waals surface area (Å²) in [6.07, 6.45) is 8.06. The summed E-state index contributed by atoms with van der Waals surface area (Å²) in [5.41, 5.74) is 2.37. The van der Waals surface area contributed by atoms with E-state index < -0.39 is 0 Å². The van der Waals surface area contributed by atoms with Crippen molar-refractivity contribution in [1.29, 1.82) is 0 Å². The van der Waals surface area contributed by atoms with Crippen LogP contribution in [0.4, 0.5) is 4.79 Å². The minimum Gasteiger partial charge on any atom is -0.496 e. The molecule has 0 fully saturated rings. The molecule has 2 aromatic rings. The van der Waals surface area contributed by atoms with Crippen LogP contribution in [0, 0.1) is 0 Å². The summed E-state index contributed by atoms with van der Waals surface area (Å²) in [5.74, 6) is 0.882. The maximum Gasteiger partial charge on any atom is 0.314 e. The van der Waals surface area contributed by atoms with Crippen molar-refractivity contribution >= 4 is 16.8 Å². The summed E-state index contributed by atoms with van der Waals surface area (Å²) in [6.45, 7) is 7.40. The first-order valence-electron chi connectivity index (χ1n) is 9.91. The number of rotatable bonds is 11. The molecule has 2 rings (SSSR count). The fraction of sp³-hybridized carbons (Fsp3) is 0.435. The molecule has 0 unspecified atom stereocenters. The minimum absolute atomic E-state index is 0.0874. The Morgan fingerprint density at radius 3 is 2.67 bits per heavy atom. The molecule has 4 heteroatoms. The first kappa shape index (κ1) is 20.8. The SMILES string of the molecule is C=CCc1c(OC)ccc2cccc(CCNC(=O)NCCCCCC)c12. The molecule has 0 aromatic heterocycles. The number of urea groups is 1. The van der Waals surface area contributed by atoms with E-state index in [-0.39, 0.29) is 6.03 Å². The number of hydrogen-bond acceptors (Lipinski definition) is 2. The molecule has 0 radical (unpaired) electrons. The van der Waals surface area contributed by atoms with E-state index in [4.69, 9.17) is 4.74 Å². The van der Waals surface area contributed by atoms with E-state index in [9.17, 15) is 4.79 Å². The lowest BCUT2D eigenvalue weighted by Crippen LogP contribution is -2.37. The monoisotopic (exact) mass is 368 g/mol. The zero-order valence-corrected chi connectivity index (χ0v) is 16.6. The molecule has 0 aliphatic carbocycles. The molecule has 2 amide bonds. The van der Waals surface area contributed by atoms with Crippen molar-refractivity contribution in [3.63, 3.8) is 0 Å². The van der Waals surface area contributed by atoms with Crippen LogP contribution in [-0.2, 0) is 12.8 Å². The van der Waals surface area contributed by atoms with E-state index >= 15 is 0 Å². The van der Waals surface area contributed by atoms with Crippen molar-refractivity contribution in [2.24, 2.45) is 0 Å². The van der Waals surface area contributed by atoms with E-state index in [0.29, 0.717) is 6.54 Å². The molecule has 146 valence electrons. The van der Waals surface area contributed by atoms with Gasteiger partial charge >= 0.3 is 6.03 Å². The third kappa shape index (κ3) is 6.02. The number of nitrogens with one attached hydrogen (secondary N) is 2. The second kappa shape index (κ2) is 11.3. The van der Waals surface area contributed by atoms with Gasteiger partial charge < -0.3 is 15.4 Å². The lowest BCUT2D eigenvalue weighted by Gasteiger charge is -2.15. The molecular formula is C23H32N2O2. The van der Waals surface area contributed by atoms with E-state index in [1.54, 1.807) is 7.11 Å². The summed E-state index contributed by atoms with van der Waals surface area (Å²) >= 11 is 0. The Kier molecular flexibility index (Phi) is 8.69. The van der Waals surface area contributed by atoms with Crippen LogP contribution in [0.1, 0.15) is 43.7 Å². The lowest BCUT2D eigenvalue weighted by molar-refractivity contribution is 0.241. The largest absolute Gasteiger partial charge is 0.496 e. The highest BCUT2D eigenvalue weighted by molar-refractivity contribution is 5.91. The maximum absolute atomic E-state index is 11.9. The molecular weight excluding hydrogens is 336 g/mol. The summed E-state index contributed by atoms with van der Waals surface area (Å²) in [5, 5.41) is 8.29. The Hall–Kier alpha value is -2.49. The van der Waals surface area contributed by atoms with Crippen molar-refractivity contribution in [2.75, 3.05) is 20.2 Å². The summed E-state index contributed by atoms with van der Waals surface area (Å²) in [6, 6.07) is 10.3. The number of benzene rings is 2. The van der Waals surface area contributed by atoms with E-state index in [0.717, 1.165) is 37.1 Å². The smallest absolute Gasteiger partial charge is 0.314 e. The predicted octanol–water partition coefficient (Wildman–Crippen LogP) is 5.00. The Labute approximate surface area is 163 Å². The predicted molar refractivity (Wildman–Crippen MR) is 114 cm³/mol. The highest BCUT2D eigenvalue weighted by Gasteiger charge is 2.11. The minimum atomic E-state index is -0.0874. The van der Waals surface area contributed by atoms with Crippen LogP contribution >= 0.6 is 0 Å². The van der Waals surface area contributed by atoms with Crippen molar-refractivity contribution in [2.45, 2.75) is 45.4 Å². The first-order chi connectivity index (χ1) is 13.2. The summed E-state index contributed by atoms with van der Waals surface area (Å²) in [7, 11) is 1.70. The molecule has 27 heavy (non-hydrogen) atoms. The topological polar surface area (TPSA) is 50.4 Å². The molecule has 0 saturated carbocycles. The number of carbonyl (C=O) groups is 1. The van der Waals surface area contributed by atoms with Gasteiger partial charge in [-0.15, -0.1) is 6.58 Å². The van der Waals surface area contributed by atoms with Crippen LogP contribution < -0.4 is 15.4 Å². The molecule has 0 aliphatic rings. The fourth-order valence-electron chi connectivity index (χ4n) is 3.39. The Morgan fingerprint density at radius 2 is 1.93 bits per heavy atom. The van der Waals surface area contributed by atoms with Gasteiger partial charge in [-0.2, -0.15) is 0 Å². The molecule has 2 N–H and O–H groups in total. The van der Waals surface area contributed by atoms with Crippen molar-refractivity contribution in [1.82, 2.24) is 10.6 Å². The molecule has 0 saturated heterocycles. The standard InChI is InChI=1S/C23H32N2O2/c1-4-6-7-8-16-24-23(26)25-17-15-19-12-9-11-18-13-14-21(27-3)20(10-5-2)22(18)19/h5,9,11-14H,2,4,6-8,10,15-17H2,1,3H3,(H2,24,25,26). The Bertz CT molecular complexity index is 755. The summed E-state index contributed by atoms with van der Waals surface area (Å²) < 4.78 is 5.55. The number of ether oxygens (including phenoxy) is 1. The molecule has 0 atom stereocenters. The Morgan fingerprint density at radius 1 is 1.11 bits per heavy atom. The third-order valence-electron chi connectivity index (χ3n) is 4.76. The summed E-state index contributed by atoms with van der Waals surface area (Å²) in [4.78, 5) is 11.9. The molecule has 0 spiro atoms. The molecule has 0 bridgehead atoms. The maximum atomic E-state index is 11.9. The fourth-order valence-corrected chi connectivity index (χ4v) is 3.39. The van der Waals surface area contributed by atoms with E-state index in [1.807, 2.05) is 12.1 Å². The molecule has 0 heterocycles. The van der Waals surface area contributed by atoms with Gasteiger partial charge in [0.2, 0.25) is 0 Å². The van der Waals surface area contributed by atoms with Gasteiger partial charge in [-0.05, 0) is 41.7 Å². The van der Waals surface area contributed by atoms with E-state index in [2.05, 4.69) is 48.4 Å². The van der Waals surface area contributed by atoms with Crippen molar-refractivity contribution in [3.05, 3.63) is 54.1 Å². The van der Waals surface area contributed by atoms with Crippen LogP contribution in [0.15, 0.2) is 43.0 Å². The van der Waals surface area contributed by atoms with Gasteiger partial charge in [-0.3, -0.25) is 0 Å². The van der Waals surface area contributed by atoms with Crippen molar-refractivity contribution < 1.29 is 9.53 Å². The number of amides is 2. The number of hydrogen-bond donors (Lipinski definition) is 2. The lowest BCUT2D eigenvalue weighted by atomic mass is 9.95. The van der Waals surface area contributed by atoms with Gasteiger partial charge in [0.25, 0.3) is 0 Å². The van der Waals surface area contributed by atoms with Gasteiger partial charge in [0.05, 0.1) is 7.11 Å². The second-order valence-corrected chi connectivity index (χ2v) is 6.75. The number of carbonyl (C=O) groups excluding carboxylic acids is 1. The molecule has 0 aliphatic heterocycles. The number of fused-ring (bicyclic) bond motifs is 1. The Balaban J connectivity index is 2.00. The van der Waals surface area contributed by atoms with Crippen LogP contribution in [0.3, 0.4) is 0 Å². The van der Waals surface area contributed by atoms with Crippen LogP contribution in [0.2, 0.25) is 0 Å². The third-order valence-corrected chi connectivity index (χ3v) is 4.76. The normalized spacial score (nSPS) is 10.6. The van der Waals surface area contributed by atoms with Crippen LogP contribution in [0.5, 0.6) is 5.75 Å². The average Bonchev–Trinajstić information content (AvgIpc) is 2.68. The van der Waals surface area contributed by atoms with E-state index in [1.165, 1.54) is 35.6 Å². The number of unbranched alkanes of at least 4 members (excludes halogenated alkanes) is 3. The van der Waals surface area contributed by atoms with Crippen LogP contribution in [-0.4, -0.2) is 26.2 Å². The molecule has 2 aromatic carbocycles. The zero-order chi connectivity index (χ0) is 19.5. The molecule has 4 nitrogen and oxygen atoms in total. The van der Waals surface area contributed by atoms with Crippen molar-refractivity contribution in [3.8, 4) is 5.75 Å². The zero-order valence-electron chi connectivity index (χ0n) is 16.6. The van der Waals surface area contributed by atoms with Gasteiger partial charge in [0.1, 0.15) is 5.75 Å². The van der Waals surface area contributed by atoms with Gasteiger partial charge in [0.15, 0.2) is 0 Å². The first-order valence-corrected chi connectivity index (χ1v) is 9.91. The van der Waals surface area contributed by atoms with Gasteiger partial charge in [0, 0.05) is 18.7 Å². The average molecular weight is 369 g/mol. The quantitative estimate of drug-likeness (QED) is 0.433. The highest BCUT2D eigenvalue weighted by Crippen LogP contribution is 2.31. The van der Waals surface area contributed by atoms with Gasteiger partial charge in [-0.1, -0.05) is 56.5 Å². The second-order valence-electron chi connectivity index (χ2n) is 6.75.